The molecular formula is C36H40FN3O4S. The molecule has 0 aliphatic carbocycles. The molecule has 2 atom stereocenters. The van der Waals surface area contributed by atoms with E-state index in [4.69, 9.17) is 0 Å². The Labute approximate surface area is 265 Å². The predicted octanol–water partition coefficient (Wildman–Crippen LogP) is 6.14. The first-order valence-corrected chi connectivity index (χ1v) is 16.6. The van der Waals surface area contributed by atoms with Crippen LogP contribution in [0, 0.1) is 5.82 Å². The summed E-state index contributed by atoms with van der Waals surface area (Å²) in [6, 6.07) is 29.0. The molecule has 0 saturated carbocycles. The molecule has 0 aliphatic rings. The molecule has 4 rings (SSSR count). The van der Waals surface area contributed by atoms with E-state index >= 15 is 0 Å². The Morgan fingerprint density at radius 2 is 1.40 bits per heavy atom. The van der Waals surface area contributed by atoms with Crippen LogP contribution in [-0.2, 0) is 39.0 Å². The van der Waals surface area contributed by atoms with Gasteiger partial charge < -0.3 is 10.2 Å². The number of benzene rings is 4. The molecule has 4 aromatic carbocycles. The van der Waals surface area contributed by atoms with E-state index in [9.17, 15) is 22.4 Å². The second kappa shape index (κ2) is 15.5. The average Bonchev–Trinajstić information content (AvgIpc) is 3.06. The zero-order valence-electron chi connectivity index (χ0n) is 25.9. The van der Waals surface area contributed by atoms with E-state index in [-0.39, 0.29) is 29.8 Å². The minimum Gasteiger partial charge on any atom is -0.352 e. The third-order valence-electron chi connectivity index (χ3n) is 7.79. The lowest BCUT2D eigenvalue weighted by atomic mass is 10.0. The monoisotopic (exact) mass is 629 g/mol. The lowest BCUT2D eigenvalue weighted by Gasteiger charge is -2.34. The highest BCUT2D eigenvalue weighted by molar-refractivity contribution is 7.92. The van der Waals surface area contributed by atoms with Gasteiger partial charge in [-0.25, -0.2) is 12.8 Å². The Morgan fingerprint density at radius 3 is 2.02 bits per heavy atom. The quantitative estimate of drug-likeness (QED) is 0.182. The van der Waals surface area contributed by atoms with E-state index in [2.05, 4.69) is 5.32 Å². The molecule has 0 radical (unpaired) electrons. The van der Waals surface area contributed by atoms with Crippen molar-refractivity contribution in [2.24, 2.45) is 0 Å². The van der Waals surface area contributed by atoms with Crippen molar-refractivity contribution in [3.63, 3.8) is 0 Å². The summed E-state index contributed by atoms with van der Waals surface area (Å²) in [6.07, 6.45) is 1.43. The van der Waals surface area contributed by atoms with Crippen molar-refractivity contribution >= 4 is 27.5 Å². The van der Waals surface area contributed by atoms with E-state index in [1.807, 2.05) is 63.2 Å². The number of rotatable bonds is 14. The Balaban J connectivity index is 1.82. The van der Waals surface area contributed by atoms with E-state index in [0.717, 1.165) is 15.4 Å². The standard InChI is InChI=1S/C36H40FN3O4S/c1-4-27(3)38-36(42)34(24-28-14-8-6-9-15-28)39(25-29-20-22-31(37)23-21-29)35(41)26-40(33-19-13-12-16-30(33)5-2)45(43,44)32-17-10-7-11-18-32/h6-23,27,34H,4-5,24-26H2,1-3H3,(H,38,42)/t27-,34-/m1/s1. The van der Waals surface area contributed by atoms with Crippen molar-refractivity contribution in [1.82, 2.24) is 10.2 Å². The molecule has 0 aromatic heterocycles. The summed E-state index contributed by atoms with van der Waals surface area (Å²) in [4.78, 5) is 29.9. The fourth-order valence-corrected chi connectivity index (χ4v) is 6.54. The molecule has 0 aliphatic heterocycles. The fourth-order valence-electron chi connectivity index (χ4n) is 5.07. The number of hydrogen-bond donors (Lipinski definition) is 1. The fraction of sp³-hybridized carbons (Fsp3) is 0.278. The molecular weight excluding hydrogens is 589 g/mol. The highest BCUT2D eigenvalue weighted by Crippen LogP contribution is 2.28. The molecule has 1 N–H and O–H groups in total. The summed E-state index contributed by atoms with van der Waals surface area (Å²) < 4.78 is 43.3. The van der Waals surface area contributed by atoms with Crippen LogP contribution in [0.1, 0.15) is 43.9 Å². The Bertz CT molecular complexity index is 1670. The SMILES string of the molecule is CCc1ccccc1N(CC(=O)N(Cc1ccc(F)cc1)[C@H](Cc1ccccc1)C(=O)N[C@H](C)CC)S(=O)(=O)c1ccccc1. The largest absolute Gasteiger partial charge is 0.352 e. The highest BCUT2D eigenvalue weighted by Gasteiger charge is 2.35. The number of carbonyl (C=O) groups is 2. The minimum absolute atomic E-state index is 0.0286. The van der Waals surface area contributed by atoms with Crippen molar-refractivity contribution < 1.29 is 22.4 Å². The number of hydrogen-bond acceptors (Lipinski definition) is 4. The van der Waals surface area contributed by atoms with Gasteiger partial charge in [-0.1, -0.05) is 92.7 Å². The van der Waals surface area contributed by atoms with Gasteiger partial charge in [-0.15, -0.1) is 0 Å². The van der Waals surface area contributed by atoms with Crippen LogP contribution in [0.4, 0.5) is 10.1 Å². The van der Waals surface area contributed by atoms with Gasteiger partial charge in [0, 0.05) is 19.0 Å². The molecule has 0 bridgehead atoms. The first-order chi connectivity index (χ1) is 21.6. The number of anilines is 1. The number of nitrogens with one attached hydrogen (secondary N) is 1. The van der Waals surface area contributed by atoms with Crippen molar-refractivity contribution in [2.75, 3.05) is 10.8 Å². The van der Waals surface area contributed by atoms with Gasteiger partial charge in [0.25, 0.3) is 10.0 Å². The van der Waals surface area contributed by atoms with Gasteiger partial charge in [-0.2, -0.15) is 0 Å². The van der Waals surface area contributed by atoms with Crippen LogP contribution < -0.4 is 9.62 Å². The summed E-state index contributed by atoms with van der Waals surface area (Å²) in [5.41, 5.74) is 2.59. The third kappa shape index (κ3) is 8.57. The maximum Gasteiger partial charge on any atom is 0.264 e. The van der Waals surface area contributed by atoms with Crippen LogP contribution in [0.5, 0.6) is 0 Å². The highest BCUT2D eigenvalue weighted by atomic mass is 32.2. The molecule has 7 nitrogen and oxygen atoms in total. The number of halogens is 1. The Morgan fingerprint density at radius 1 is 0.800 bits per heavy atom. The smallest absolute Gasteiger partial charge is 0.264 e. The van der Waals surface area contributed by atoms with E-state index in [1.165, 1.54) is 29.2 Å². The zero-order valence-corrected chi connectivity index (χ0v) is 26.7. The van der Waals surface area contributed by atoms with Gasteiger partial charge >= 0.3 is 0 Å². The van der Waals surface area contributed by atoms with Gasteiger partial charge in [-0.05, 0) is 66.8 Å². The number of sulfonamides is 1. The number of carbonyl (C=O) groups excluding carboxylic acids is 2. The second-order valence-electron chi connectivity index (χ2n) is 11.0. The van der Waals surface area contributed by atoms with Crippen LogP contribution in [0.2, 0.25) is 0 Å². The van der Waals surface area contributed by atoms with Crippen LogP contribution >= 0.6 is 0 Å². The van der Waals surface area contributed by atoms with Crippen molar-refractivity contribution in [3.8, 4) is 0 Å². The van der Waals surface area contributed by atoms with Crippen LogP contribution in [0.15, 0.2) is 114 Å². The molecule has 9 heteroatoms. The van der Waals surface area contributed by atoms with Crippen LogP contribution in [-0.4, -0.2) is 43.8 Å². The topological polar surface area (TPSA) is 86.8 Å². The van der Waals surface area contributed by atoms with E-state index in [0.29, 0.717) is 24.1 Å². The number of para-hydroxylation sites is 1. The number of nitrogens with zero attached hydrogens (tertiary/aromatic N) is 2. The van der Waals surface area contributed by atoms with Gasteiger partial charge in [0.15, 0.2) is 0 Å². The second-order valence-corrected chi connectivity index (χ2v) is 12.8. The minimum atomic E-state index is -4.19. The molecule has 0 spiro atoms. The van der Waals surface area contributed by atoms with Gasteiger partial charge in [0.1, 0.15) is 18.4 Å². The summed E-state index contributed by atoms with van der Waals surface area (Å²) in [6.45, 7) is 5.19. The molecule has 0 unspecified atom stereocenters. The van der Waals surface area contributed by atoms with Crippen molar-refractivity contribution in [3.05, 3.63) is 132 Å². The molecule has 4 aromatic rings. The van der Waals surface area contributed by atoms with Gasteiger partial charge in [-0.3, -0.25) is 13.9 Å². The molecule has 236 valence electrons. The lowest BCUT2D eigenvalue weighted by molar-refractivity contribution is -0.140. The summed E-state index contributed by atoms with van der Waals surface area (Å²) in [5, 5.41) is 3.01. The first kappa shape index (κ1) is 33.4. The van der Waals surface area contributed by atoms with E-state index < -0.39 is 34.3 Å². The molecule has 0 heterocycles. The lowest BCUT2D eigenvalue weighted by Crippen LogP contribution is -2.54. The maximum atomic E-state index is 14.5. The zero-order chi connectivity index (χ0) is 32.4. The Hall–Kier alpha value is -4.50. The average molecular weight is 630 g/mol. The molecule has 0 fully saturated rings. The van der Waals surface area contributed by atoms with E-state index in [1.54, 1.807) is 42.5 Å². The molecule has 0 saturated heterocycles. The van der Waals surface area contributed by atoms with Gasteiger partial charge in [0.2, 0.25) is 11.8 Å². The first-order valence-electron chi connectivity index (χ1n) is 15.2. The van der Waals surface area contributed by atoms with Crippen molar-refractivity contribution in [1.29, 1.82) is 0 Å². The van der Waals surface area contributed by atoms with Crippen LogP contribution in [0.25, 0.3) is 0 Å². The number of amides is 2. The normalized spacial score (nSPS) is 12.6. The summed E-state index contributed by atoms with van der Waals surface area (Å²) >= 11 is 0. The van der Waals surface area contributed by atoms with Crippen LogP contribution in [0.3, 0.4) is 0 Å². The van der Waals surface area contributed by atoms with Gasteiger partial charge in [0.05, 0.1) is 10.6 Å². The third-order valence-corrected chi connectivity index (χ3v) is 9.56. The predicted molar refractivity (Wildman–Crippen MR) is 176 cm³/mol. The van der Waals surface area contributed by atoms with Crippen molar-refractivity contribution in [2.45, 2.75) is 63.6 Å². The number of aryl methyl sites for hydroxylation is 1. The summed E-state index contributed by atoms with van der Waals surface area (Å²) in [5.74, 6) is -1.34. The maximum absolute atomic E-state index is 14.5. The summed E-state index contributed by atoms with van der Waals surface area (Å²) in [7, 11) is -4.19. The molecule has 2 amide bonds. The molecule has 45 heavy (non-hydrogen) atoms. The Kier molecular flexibility index (Phi) is 11.5.